The van der Waals surface area contributed by atoms with Crippen LogP contribution in [-0.2, 0) is 0 Å². The molecule has 0 spiro atoms. The van der Waals surface area contributed by atoms with Crippen LogP contribution in [0.2, 0.25) is 0 Å². The molecule has 0 atom stereocenters. The summed E-state index contributed by atoms with van der Waals surface area (Å²) in [6.45, 7) is 6.43. The molecule has 0 saturated heterocycles. The highest BCUT2D eigenvalue weighted by molar-refractivity contribution is 6.03. The van der Waals surface area contributed by atoms with E-state index in [1.165, 1.54) is 20.3 Å². The van der Waals surface area contributed by atoms with Gasteiger partial charge in [0.2, 0.25) is 5.88 Å². The zero-order valence-corrected chi connectivity index (χ0v) is 21.3. The molecule has 37 heavy (non-hydrogen) atoms. The van der Waals surface area contributed by atoms with E-state index in [0.717, 1.165) is 13.0 Å². The standard InChI is InChI=1S/C28H29F2N5O2/c1-6-18-20(29)11-10-17-8-7-9-19(21(17)18)24-23(30)25-22(27(33-24)36-4)26(35-28(34-25)37-5)32-15-14-31-13-12-16(2)3/h1,7-11,16,31H,12-15H2,2-5H3,(H,32,34,35). The van der Waals surface area contributed by atoms with Crippen LogP contribution >= 0.6 is 0 Å². The zero-order valence-electron chi connectivity index (χ0n) is 21.3. The Labute approximate surface area is 214 Å². The minimum atomic E-state index is -0.727. The van der Waals surface area contributed by atoms with Crippen molar-refractivity contribution >= 4 is 27.5 Å². The third-order valence-corrected chi connectivity index (χ3v) is 5.99. The highest BCUT2D eigenvalue weighted by Gasteiger charge is 2.24. The van der Waals surface area contributed by atoms with Gasteiger partial charge in [-0.2, -0.15) is 9.97 Å². The summed E-state index contributed by atoms with van der Waals surface area (Å²) in [6, 6.07) is 8.01. The molecule has 2 aromatic heterocycles. The van der Waals surface area contributed by atoms with Gasteiger partial charge in [0.25, 0.3) is 0 Å². The maximum Gasteiger partial charge on any atom is 0.318 e. The summed E-state index contributed by atoms with van der Waals surface area (Å²) in [6.07, 6.45) is 6.68. The monoisotopic (exact) mass is 505 g/mol. The number of halogens is 2. The quantitative estimate of drug-likeness (QED) is 0.227. The van der Waals surface area contributed by atoms with Crippen LogP contribution in [0, 0.1) is 29.9 Å². The smallest absolute Gasteiger partial charge is 0.318 e. The van der Waals surface area contributed by atoms with Gasteiger partial charge in [0.1, 0.15) is 28.2 Å². The summed E-state index contributed by atoms with van der Waals surface area (Å²) < 4.78 is 41.5. The van der Waals surface area contributed by atoms with E-state index in [1.807, 2.05) is 0 Å². The number of hydrogen-bond donors (Lipinski definition) is 2. The molecule has 0 unspecified atom stereocenters. The molecule has 4 rings (SSSR count). The number of benzene rings is 2. The summed E-state index contributed by atoms with van der Waals surface area (Å²) in [5.41, 5.74) is 0.240. The number of methoxy groups -OCH3 is 2. The Morgan fingerprint density at radius 3 is 2.49 bits per heavy atom. The van der Waals surface area contributed by atoms with E-state index in [9.17, 15) is 4.39 Å². The first-order valence-corrected chi connectivity index (χ1v) is 12.0. The number of rotatable bonds is 10. The van der Waals surface area contributed by atoms with Crippen molar-refractivity contribution in [3.63, 3.8) is 0 Å². The van der Waals surface area contributed by atoms with Crippen LogP contribution in [0.5, 0.6) is 11.9 Å². The number of terminal acetylenes is 1. The van der Waals surface area contributed by atoms with Gasteiger partial charge in [-0.15, -0.1) is 6.42 Å². The highest BCUT2D eigenvalue weighted by Crippen LogP contribution is 2.39. The van der Waals surface area contributed by atoms with Crippen molar-refractivity contribution in [3.8, 4) is 35.5 Å². The van der Waals surface area contributed by atoms with Gasteiger partial charge >= 0.3 is 6.01 Å². The molecule has 0 aliphatic carbocycles. The van der Waals surface area contributed by atoms with Gasteiger partial charge in [-0.05, 0) is 30.3 Å². The van der Waals surface area contributed by atoms with Crippen LogP contribution in [0.1, 0.15) is 25.8 Å². The number of anilines is 1. The molecule has 0 bridgehead atoms. The number of nitrogens with one attached hydrogen (secondary N) is 2. The van der Waals surface area contributed by atoms with Crippen LogP contribution < -0.4 is 20.1 Å². The zero-order chi connectivity index (χ0) is 26.5. The first-order valence-electron chi connectivity index (χ1n) is 12.0. The van der Waals surface area contributed by atoms with E-state index < -0.39 is 11.6 Å². The summed E-state index contributed by atoms with van der Waals surface area (Å²) in [4.78, 5) is 13.1. The van der Waals surface area contributed by atoms with Crippen LogP contribution in [0.15, 0.2) is 30.3 Å². The minimum absolute atomic E-state index is 0.0193. The molecule has 0 aliphatic heterocycles. The van der Waals surface area contributed by atoms with Crippen LogP contribution in [0.25, 0.3) is 32.9 Å². The van der Waals surface area contributed by atoms with Gasteiger partial charge in [0.05, 0.1) is 19.8 Å². The number of fused-ring (bicyclic) bond motifs is 2. The first-order chi connectivity index (χ1) is 17.9. The minimum Gasteiger partial charge on any atom is -0.480 e. The molecular formula is C28H29F2N5O2. The van der Waals surface area contributed by atoms with Crippen molar-refractivity contribution in [1.82, 2.24) is 20.3 Å². The average molecular weight is 506 g/mol. The van der Waals surface area contributed by atoms with Gasteiger partial charge in [-0.3, -0.25) is 0 Å². The molecule has 0 fully saturated rings. The van der Waals surface area contributed by atoms with Crippen molar-refractivity contribution in [3.05, 3.63) is 47.5 Å². The first kappa shape index (κ1) is 26.0. The number of nitrogens with zero attached hydrogens (tertiary/aromatic N) is 3. The maximum absolute atomic E-state index is 16.1. The fourth-order valence-corrected chi connectivity index (χ4v) is 4.14. The largest absolute Gasteiger partial charge is 0.480 e. The molecule has 0 aliphatic rings. The van der Waals surface area contributed by atoms with Gasteiger partial charge in [0, 0.05) is 24.0 Å². The Morgan fingerprint density at radius 1 is 0.973 bits per heavy atom. The third-order valence-electron chi connectivity index (χ3n) is 5.99. The van der Waals surface area contributed by atoms with Crippen molar-refractivity contribution in [1.29, 1.82) is 0 Å². The van der Waals surface area contributed by atoms with E-state index >= 15 is 4.39 Å². The average Bonchev–Trinajstić information content (AvgIpc) is 2.90. The second-order valence-electron chi connectivity index (χ2n) is 8.90. The Balaban J connectivity index is 1.84. The molecule has 2 aromatic carbocycles. The number of pyridine rings is 1. The normalized spacial score (nSPS) is 11.2. The van der Waals surface area contributed by atoms with Crippen molar-refractivity contribution in [2.75, 3.05) is 39.2 Å². The fourth-order valence-electron chi connectivity index (χ4n) is 4.14. The third kappa shape index (κ3) is 5.25. The number of ether oxygens (including phenoxy) is 2. The summed E-state index contributed by atoms with van der Waals surface area (Å²) in [7, 11) is 2.84. The van der Waals surface area contributed by atoms with Crippen LogP contribution in [0.4, 0.5) is 14.6 Å². The lowest BCUT2D eigenvalue weighted by atomic mass is 9.96. The van der Waals surface area contributed by atoms with E-state index in [0.29, 0.717) is 41.2 Å². The predicted molar refractivity (Wildman–Crippen MR) is 142 cm³/mol. The van der Waals surface area contributed by atoms with Crippen LogP contribution in [0.3, 0.4) is 0 Å². The lowest BCUT2D eigenvalue weighted by Gasteiger charge is -2.16. The van der Waals surface area contributed by atoms with Crippen molar-refractivity contribution < 1.29 is 18.3 Å². The molecular weight excluding hydrogens is 476 g/mol. The second-order valence-corrected chi connectivity index (χ2v) is 8.90. The predicted octanol–water partition coefficient (Wildman–Crippen LogP) is 5.17. The number of hydrogen-bond acceptors (Lipinski definition) is 7. The van der Waals surface area contributed by atoms with Gasteiger partial charge in [0.15, 0.2) is 5.82 Å². The summed E-state index contributed by atoms with van der Waals surface area (Å²) >= 11 is 0. The van der Waals surface area contributed by atoms with Gasteiger partial charge in [-0.25, -0.2) is 13.8 Å². The lowest BCUT2D eigenvalue weighted by Crippen LogP contribution is -2.24. The van der Waals surface area contributed by atoms with E-state index in [1.54, 1.807) is 24.3 Å². The topological polar surface area (TPSA) is 81.2 Å². The summed E-state index contributed by atoms with van der Waals surface area (Å²) in [5, 5.41) is 7.88. The fraction of sp³-hybridized carbons (Fsp3) is 0.321. The lowest BCUT2D eigenvalue weighted by molar-refractivity contribution is 0.380. The molecule has 9 heteroatoms. The Hall–Kier alpha value is -4.03. The Kier molecular flexibility index (Phi) is 7.99. The summed E-state index contributed by atoms with van der Waals surface area (Å²) in [5.74, 6) is 2.13. The van der Waals surface area contributed by atoms with Crippen molar-refractivity contribution in [2.24, 2.45) is 5.92 Å². The molecule has 192 valence electrons. The van der Waals surface area contributed by atoms with E-state index in [4.69, 9.17) is 15.9 Å². The molecule has 2 heterocycles. The Morgan fingerprint density at radius 2 is 1.78 bits per heavy atom. The molecule has 2 N–H and O–H groups in total. The van der Waals surface area contributed by atoms with E-state index in [2.05, 4.69) is 45.4 Å². The van der Waals surface area contributed by atoms with Crippen molar-refractivity contribution in [2.45, 2.75) is 20.3 Å². The second kappa shape index (κ2) is 11.4. The van der Waals surface area contributed by atoms with Gasteiger partial charge < -0.3 is 20.1 Å². The SMILES string of the molecule is C#Cc1c(F)ccc2cccc(-c3nc(OC)c4c(NCCNCCC(C)C)nc(OC)nc4c3F)c12. The van der Waals surface area contributed by atoms with Gasteiger partial charge in [-0.1, -0.05) is 44.0 Å². The molecule has 4 aromatic rings. The molecule has 0 amide bonds. The Bertz CT molecular complexity index is 1480. The molecule has 0 radical (unpaired) electrons. The number of aromatic nitrogens is 3. The highest BCUT2D eigenvalue weighted by atomic mass is 19.1. The van der Waals surface area contributed by atoms with Crippen LogP contribution in [-0.4, -0.2) is 48.8 Å². The van der Waals surface area contributed by atoms with E-state index in [-0.39, 0.29) is 34.1 Å². The maximum atomic E-state index is 16.1. The molecule has 7 nitrogen and oxygen atoms in total. The molecule has 0 saturated carbocycles.